The number of hydrogen-bond donors (Lipinski definition) is 2. The lowest BCUT2D eigenvalue weighted by Crippen LogP contribution is -2.56. The quantitative estimate of drug-likeness (QED) is 0.757. The van der Waals surface area contributed by atoms with Crippen LogP contribution in [0.4, 0.5) is 0 Å². The van der Waals surface area contributed by atoms with Crippen LogP contribution >= 0.6 is 0 Å². The van der Waals surface area contributed by atoms with Gasteiger partial charge in [0.05, 0.1) is 12.7 Å². The summed E-state index contributed by atoms with van der Waals surface area (Å²) in [6.45, 7) is 4.53. The Bertz CT molecular complexity index is 601. The van der Waals surface area contributed by atoms with Gasteiger partial charge in [-0.15, -0.1) is 0 Å². The molecule has 0 unspecified atom stereocenters. The predicted molar refractivity (Wildman–Crippen MR) is 95.5 cm³/mol. The Labute approximate surface area is 149 Å². The maximum absolute atomic E-state index is 12.0. The average molecular weight is 347 g/mol. The lowest BCUT2D eigenvalue weighted by molar-refractivity contribution is -0.165. The fraction of sp³-hybridized carbons (Fsp3) is 0.650. The molecule has 1 heterocycles. The fourth-order valence-corrected chi connectivity index (χ4v) is 3.86. The molecule has 2 atom stereocenters. The topological polar surface area (TPSA) is 70.0 Å². The number of nitrogens with zero attached hydrogens (tertiary/aromatic N) is 1. The highest BCUT2D eigenvalue weighted by Crippen LogP contribution is 2.45. The van der Waals surface area contributed by atoms with Crippen molar-refractivity contribution >= 4 is 5.97 Å². The number of likely N-dealkylation sites (tertiary alicyclic amines) is 1. The number of rotatable bonds is 8. The Kier molecular flexibility index (Phi) is 5.64. The van der Waals surface area contributed by atoms with Crippen molar-refractivity contribution in [3.8, 4) is 5.75 Å². The van der Waals surface area contributed by atoms with Crippen molar-refractivity contribution in [3.63, 3.8) is 0 Å². The van der Waals surface area contributed by atoms with E-state index in [1.807, 2.05) is 24.3 Å². The second kappa shape index (κ2) is 7.75. The summed E-state index contributed by atoms with van der Waals surface area (Å²) in [4.78, 5) is 14.2. The Hall–Kier alpha value is -1.59. The van der Waals surface area contributed by atoms with E-state index < -0.39 is 17.5 Å². The van der Waals surface area contributed by atoms with Crippen LogP contribution in [0.1, 0.15) is 44.6 Å². The van der Waals surface area contributed by atoms with Gasteiger partial charge in [-0.2, -0.15) is 0 Å². The maximum atomic E-state index is 12.0. The molecule has 5 nitrogen and oxygen atoms in total. The summed E-state index contributed by atoms with van der Waals surface area (Å²) in [5.74, 6) is 0.483. The third-order valence-electron chi connectivity index (χ3n) is 5.47. The molecule has 1 aromatic carbocycles. The molecule has 138 valence electrons. The standard InChI is InChI=1S/C20H29NO4/c1-2-11-25-17-6-4-3-5-16(17)13-21-10-9-18(22)20(14-21,19(23)24)12-15-7-8-15/h3-6,15,18,22H,2,7-14H2,1H3,(H,23,24)/t18-,20-/m1/s1. The molecular weight excluding hydrogens is 318 g/mol. The highest BCUT2D eigenvalue weighted by atomic mass is 16.5. The van der Waals surface area contributed by atoms with E-state index in [0.717, 1.165) is 30.6 Å². The minimum Gasteiger partial charge on any atom is -0.493 e. The third-order valence-corrected chi connectivity index (χ3v) is 5.47. The molecule has 25 heavy (non-hydrogen) atoms. The molecule has 2 fully saturated rings. The number of carboxylic acid groups (broad SMARTS) is 1. The van der Waals surface area contributed by atoms with Gasteiger partial charge in [-0.3, -0.25) is 9.69 Å². The highest BCUT2D eigenvalue weighted by Gasteiger charge is 2.51. The van der Waals surface area contributed by atoms with E-state index in [1.165, 1.54) is 0 Å². The van der Waals surface area contributed by atoms with E-state index >= 15 is 0 Å². The molecule has 1 aliphatic carbocycles. The number of carboxylic acids is 1. The van der Waals surface area contributed by atoms with Crippen molar-refractivity contribution in [2.24, 2.45) is 11.3 Å². The third kappa shape index (κ3) is 4.15. The number of aliphatic hydroxyl groups is 1. The fourth-order valence-electron chi connectivity index (χ4n) is 3.86. The second-order valence-electron chi connectivity index (χ2n) is 7.58. The molecule has 3 rings (SSSR count). The molecular formula is C20H29NO4. The Balaban J connectivity index is 1.74. The molecule has 1 saturated carbocycles. The van der Waals surface area contributed by atoms with Crippen molar-refractivity contribution < 1.29 is 19.7 Å². The van der Waals surface area contributed by atoms with Crippen LogP contribution < -0.4 is 4.74 Å². The molecule has 0 radical (unpaired) electrons. The van der Waals surface area contributed by atoms with Crippen molar-refractivity contribution in [3.05, 3.63) is 29.8 Å². The first-order valence-corrected chi connectivity index (χ1v) is 9.39. The zero-order valence-electron chi connectivity index (χ0n) is 15.0. The van der Waals surface area contributed by atoms with Gasteiger partial charge in [0.2, 0.25) is 0 Å². The SMILES string of the molecule is CCCOc1ccccc1CN1CC[C@@H](O)[C@](CC2CC2)(C(=O)O)C1. The number of hydrogen-bond acceptors (Lipinski definition) is 4. The van der Waals surface area contributed by atoms with Gasteiger partial charge in [-0.25, -0.2) is 0 Å². The van der Waals surface area contributed by atoms with Crippen LogP contribution in [0, 0.1) is 11.3 Å². The minimum absolute atomic E-state index is 0.405. The van der Waals surface area contributed by atoms with Crippen molar-refractivity contribution in [1.29, 1.82) is 0 Å². The van der Waals surface area contributed by atoms with Crippen LogP contribution in [0.25, 0.3) is 0 Å². The summed E-state index contributed by atoms with van der Waals surface area (Å²) in [5.41, 5.74) is 0.0524. The molecule has 2 N–H and O–H groups in total. The van der Waals surface area contributed by atoms with Crippen LogP contribution in [-0.2, 0) is 11.3 Å². The van der Waals surface area contributed by atoms with Crippen LogP contribution in [0.3, 0.4) is 0 Å². The monoisotopic (exact) mass is 347 g/mol. The van der Waals surface area contributed by atoms with Crippen LogP contribution in [-0.4, -0.2) is 46.9 Å². The lowest BCUT2D eigenvalue weighted by Gasteiger charge is -2.43. The molecule has 1 saturated heterocycles. The molecule has 1 aromatic rings. The van der Waals surface area contributed by atoms with E-state index in [1.54, 1.807) is 0 Å². The summed E-state index contributed by atoms with van der Waals surface area (Å²) in [6.07, 6.45) is 3.48. The van der Waals surface area contributed by atoms with Crippen LogP contribution in [0.2, 0.25) is 0 Å². The highest BCUT2D eigenvalue weighted by molar-refractivity contribution is 5.76. The van der Waals surface area contributed by atoms with Gasteiger partial charge in [0.25, 0.3) is 0 Å². The molecule has 0 spiro atoms. The summed E-state index contributed by atoms with van der Waals surface area (Å²) in [6, 6.07) is 7.96. The van der Waals surface area contributed by atoms with E-state index in [0.29, 0.717) is 45.0 Å². The Morgan fingerprint density at radius 2 is 2.08 bits per heavy atom. The molecule has 0 amide bonds. The van der Waals surface area contributed by atoms with Crippen molar-refractivity contribution in [2.45, 2.75) is 51.7 Å². The summed E-state index contributed by atoms with van der Waals surface area (Å²) < 4.78 is 5.83. The summed E-state index contributed by atoms with van der Waals surface area (Å²) in [5, 5.41) is 20.4. The average Bonchev–Trinajstić information content (AvgIpc) is 3.41. The first kappa shape index (κ1) is 18.2. The molecule has 2 aliphatic rings. The van der Waals surface area contributed by atoms with E-state index in [2.05, 4.69) is 11.8 Å². The Morgan fingerprint density at radius 1 is 1.32 bits per heavy atom. The number of para-hydroxylation sites is 1. The zero-order chi connectivity index (χ0) is 17.9. The first-order chi connectivity index (χ1) is 12.0. The van der Waals surface area contributed by atoms with Crippen molar-refractivity contribution in [2.75, 3.05) is 19.7 Å². The second-order valence-corrected chi connectivity index (χ2v) is 7.58. The first-order valence-electron chi connectivity index (χ1n) is 9.39. The minimum atomic E-state index is -1.03. The normalized spacial score (nSPS) is 27.2. The number of carbonyl (C=O) groups is 1. The van der Waals surface area contributed by atoms with E-state index in [4.69, 9.17) is 4.74 Å². The van der Waals surface area contributed by atoms with Gasteiger partial charge >= 0.3 is 5.97 Å². The maximum Gasteiger partial charge on any atom is 0.313 e. The number of piperidine rings is 1. The van der Waals surface area contributed by atoms with E-state index in [-0.39, 0.29) is 0 Å². The summed E-state index contributed by atoms with van der Waals surface area (Å²) >= 11 is 0. The summed E-state index contributed by atoms with van der Waals surface area (Å²) in [7, 11) is 0. The number of aliphatic carboxylic acids is 1. The van der Waals surface area contributed by atoms with Crippen LogP contribution in [0.5, 0.6) is 5.75 Å². The smallest absolute Gasteiger partial charge is 0.313 e. The number of ether oxygens (including phenoxy) is 1. The van der Waals surface area contributed by atoms with Gasteiger partial charge in [0.15, 0.2) is 0 Å². The zero-order valence-corrected chi connectivity index (χ0v) is 15.0. The number of aliphatic hydroxyl groups excluding tert-OH is 1. The molecule has 1 aliphatic heterocycles. The van der Waals surface area contributed by atoms with Gasteiger partial charge in [0, 0.05) is 25.2 Å². The van der Waals surface area contributed by atoms with Crippen molar-refractivity contribution in [1.82, 2.24) is 4.90 Å². The molecule has 0 bridgehead atoms. The predicted octanol–water partition coefficient (Wildman–Crippen LogP) is 2.91. The lowest BCUT2D eigenvalue weighted by atomic mass is 9.73. The van der Waals surface area contributed by atoms with Gasteiger partial charge in [-0.1, -0.05) is 38.0 Å². The number of benzene rings is 1. The van der Waals surface area contributed by atoms with Gasteiger partial charge in [0.1, 0.15) is 11.2 Å². The van der Waals surface area contributed by atoms with Crippen LogP contribution in [0.15, 0.2) is 24.3 Å². The molecule has 0 aromatic heterocycles. The largest absolute Gasteiger partial charge is 0.493 e. The van der Waals surface area contributed by atoms with Gasteiger partial charge < -0.3 is 14.9 Å². The molecule has 5 heteroatoms. The Morgan fingerprint density at radius 3 is 2.76 bits per heavy atom. The van der Waals surface area contributed by atoms with Gasteiger partial charge in [-0.05, 0) is 31.2 Å². The van der Waals surface area contributed by atoms with E-state index in [9.17, 15) is 15.0 Å².